The lowest BCUT2D eigenvalue weighted by atomic mass is 10.2. The third kappa shape index (κ3) is 4.16. The van der Waals surface area contributed by atoms with Gasteiger partial charge in [-0.3, -0.25) is 0 Å². The van der Waals surface area contributed by atoms with E-state index < -0.39 is 0 Å². The van der Waals surface area contributed by atoms with Gasteiger partial charge in [0.15, 0.2) is 5.82 Å². The maximum Gasteiger partial charge on any atom is 0.158 e. The lowest BCUT2D eigenvalue weighted by molar-refractivity contribution is 0.128. The first-order chi connectivity index (χ1) is 9.58. The van der Waals surface area contributed by atoms with Gasteiger partial charge in [0.2, 0.25) is 0 Å². The summed E-state index contributed by atoms with van der Waals surface area (Å²) < 4.78 is 5.31. The molecule has 2 aromatic rings. The van der Waals surface area contributed by atoms with E-state index in [2.05, 4.69) is 41.3 Å². The van der Waals surface area contributed by atoms with E-state index in [9.17, 15) is 0 Å². The van der Waals surface area contributed by atoms with Crippen molar-refractivity contribution in [1.29, 1.82) is 0 Å². The zero-order valence-electron chi connectivity index (χ0n) is 11.8. The summed E-state index contributed by atoms with van der Waals surface area (Å²) in [4.78, 5) is 11.1. The largest absolute Gasteiger partial charge is 0.374 e. The van der Waals surface area contributed by atoms with Gasteiger partial charge in [0.25, 0.3) is 0 Å². The number of halogens is 1. The fraction of sp³-hybridized carbons (Fsp3) is 0.429. The molecule has 6 heteroatoms. The molecule has 0 aromatic carbocycles. The highest BCUT2D eigenvalue weighted by Gasteiger charge is 2.10. The molecule has 0 amide bonds. The van der Waals surface area contributed by atoms with Crippen molar-refractivity contribution in [2.45, 2.75) is 33.4 Å². The fourth-order valence-electron chi connectivity index (χ4n) is 1.78. The predicted octanol–water partition coefficient (Wildman–Crippen LogP) is 4.21. The zero-order chi connectivity index (χ0) is 14.5. The van der Waals surface area contributed by atoms with Gasteiger partial charge in [-0.15, -0.1) is 11.3 Å². The van der Waals surface area contributed by atoms with Gasteiger partial charge in [0.05, 0.1) is 6.04 Å². The third-order valence-corrected chi connectivity index (χ3v) is 4.11. The molecule has 4 nitrogen and oxygen atoms in total. The van der Waals surface area contributed by atoms with E-state index >= 15 is 0 Å². The number of nitrogens with one attached hydrogen (secondary N) is 1. The second kappa shape index (κ2) is 7.02. The predicted molar refractivity (Wildman–Crippen MR) is 83.5 cm³/mol. The first-order valence-electron chi connectivity index (χ1n) is 6.52. The number of hydrogen-bond donors (Lipinski definition) is 1. The molecule has 0 fully saturated rings. The van der Waals surface area contributed by atoms with Crippen LogP contribution < -0.4 is 5.32 Å². The van der Waals surface area contributed by atoms with Crippen molar-refractivity contribution in [1.82, 2.24) is 9.97 Å². The average molecular weight is 312 g/mol. The molecule has 1 atom stereocenters. The molecule has 0 saturated heterocycles. The van der Waals surface area contributed by atoms with Crippen LogP contribution in [-0.4, -0.2) is 16.6 Å². The molecular weight excluding hydrogens is 294 g/mol. The van der Waals surface area contributed by atoms with Crippen LogP contribution in [-0.2, 0) is 11.3 Å². The number of nitrogens with zero attached hydrogens (tertiary/aromatic N) is 2. The van der Waals surface area contributed by atoms with Crippen molar-refractivity contribution < 1.29 is 4.74 Å². The minimum Gasteiger partial charge on any atom is -0.374 e. The summed E-state index contributed by atoms with van der Waals surface area (Å²) >= 11 is 7.79. The van der Waals surface area contributed by atoms with Crippen LogP contribution in [0, 0.1) is 6.92 Å². The number of thiophene rings is 1. The smallest absolute Gasteiger partial charge is 0.158 e. The lowest BCUT2D eigenvalue weighted by Crippen LogP contribution is -2.09. The molecule has 20 heavy (non-hydrogen) atoms. The van der Waals surface area contributed by atoms with E-state index in [0.717, 1.165) is 5.82 Å². The third-order valence-electron chi connectivity index (χ3n) is 2.73. The normalized spacial score (nSPS) is 12.4. The van der Waals surface area contributed by atoms with Gasteiger partial charge in [-0.2, -0.15) is 0 Å². The number of aromatic nitrogens is 2. The Morgan fingerprint density at radius 1 is 1.40 bits per heavy atom. The summed E-state index contributed by atoms with van der Waals surface area (Å²) in [5.74, 6) is 1.31. The Labute approximate surface area is 128 Å². The highest BCUT2D eigenvalue weighted by molar-refractivity contribution is 7.12. The summed E-state index contributed by atoms with van der Waals surface area (Å²) in [5.41, 5.74) is 0. The Kier molecular flexibility index (Phi) is 5.34. The van der Waals surface area contributed by atoms with Crippen molar-refractivity contribution in [2.75, 3.05) is 11.9 Å². The van der Waals surface area contributed by atoms with E-state index in [1.165, 1.54) is 9.75 Å². The molecular formula is C14H18ClN3OS. The molecule has 0 saturated carbocycles. The van der Waals surface area contributed by atoms with E-state index in [0.29, 0.717) is 24.2 Å². The van der Waals surface area contributed by atoms with Crippen LogP contribution >= 0.6 is 22.9 Å². The molecule has 2 heterocycles. The summed E-state index contributed by atoms with van der Waals surface area (Å²) in [6, 6.07) is 6.15. The first-order valence-corrected chi connectivity index (χ1v) is 7.72. The molecule has 0 spiro atoms. The van der Waals surface area contributed by atoms with E-state index in [-0.39, 0.29) is 6.04 Å². The second-order valence-electron chi connectivity index (χ2n) is 4.44. The van der Waals surface area contributed by atoms with E-state index in [1.807, 2.05) is 6.92 Å². The van der Waals surface area contributed by atoms with Crippen LogP contribution in [0.3, 0.4) is 0 Å². The zero-order valence-corrected chi connectivity index (χ0v) is 13.4. The topological polar surface area (TPSA) is 47.0 Å². The summed E-state index contributed by atoms with van der Waals surface area (Å²) in [6.45, 7) is 7.14. The number of hydrogen-bond acceptors (Lipinski definition) is 5. The Bertz CT molecular complexity index is 573. The summed E-state index contributed by atoms with van der Waals surface area (Å²) in [6.07, 6.45) is 0. The second-order valence-corrected chi connectivity index (χ2v) is 6.15. The Hall–Kier alpha value is -1.17. The highest BCUT2D eigenvalue weighted by Crippen LogP contribution is 2.25. The molecule has 1 N–H and O–H groups in total. The standard InChI is InChI=1S/C14H18ClN3OS/c1-4-19-8-14-17-12(15)7-13(18-14)16-10(3)11-6-5-9(2)20-11/h5-7,10H,4,8H2,1-3H3,(H,16,17,18). The quantitative estimate of drug-likeness (QED) is 0.812. The van der Waals surface area contributed by atoms with Crippen molar-refractivity contribution in [2.24, 2.45) is 0 Å². The van der Waals surface area contributed by atoms with E-state index in [1.54, 1.807) is 17.4 Å². The van der Waals surface area contributed by atoms with Crippen LogP contribution in [0.4, 0.5) is 5.82 Å². The van der Waals surface area contributed by atoms with Gasteiger partial charge in [0.1, 0.15) is 17.6 Å². The lowest BCUT2D eigenvalue weighted by Gasteiger charge is -2.13. The van der Waals surface area contributed by atoms with Gasteiger partial charge in [-0.05, 0) is 32.9 Å². The van der Waals surface area contributed by atoms with Gasteiger partial charge >= 0.3 is 0 Å². The highest BCUT2D eigenvalue weighted by atomic mass is 35.5. The van der Waals surface area contributed by atoms with Gasteiger partial charge < -0.3 is 10.1 Å². The van der Waals surface area contributed by atoms with Crippen molar-refractivity contribution in [3.05, 3.63) is 38.9 Å². The first kappa shape index (κ1) is 15.2. The molecule has 0 radical (unpaired) electrons. The Balaban J connectivity index is 2.10. The number of anilines is 1. The van der Waals surface area contributed by atoms with Crippen LogP contribution in [0.15, 0.2) is 18.2 Å². The molecule has 0 aliphatic carbocycles. The monoisotopic (exact) mass is 311 g/mol. The SMILES string of the molecule is CCOCc1nc(Cl)cc(NC(C)c2ccc(C)s2)n1. The van der Waals surface area contributed by atoms with Crippen molar-refractivity contribution >= 4 is 28.8 Å². The maximum atomic E-state index is 6.02. The molecule has 2 aromatic heterocycles. The number of rotatable bonds is 6. The minimum atomic E-state index is 0.180. The van der Waals surface area contributed by atoms with Crippen molar-refractivity contribution in [3.63, 3.8) is 0 Å². The summed E-state index contributed by atoms with van der Waals surface area (Å²) in [7, 11) is 0. The minimum absolute atomic E-state index is 0.180. The maximum absolute atomic E-state index is 6.02. The molecule has 108 valence electrons. The van der Waals surface area contributed by atoms with Gasteiger partial charge in [0, 0.05) is 22.4 Å². The Morgan fingerprint density at radius 3 is 2.85 bits per heavy atom. The molecule has 0 aliphatic rings. The number of ether oxygens (including phenoxy) is 1. The molecule has 2 rings (SSSR count). The van der Waals surface area contributed by atoms with Crippen molar-refractivity contribution in [3.8, 4) is 0 Å². The van der Waals surface area contributed by atoms with Gasteiger partial charge in [-0.1, -0.05) is 11.6 Å². The molecule has 0 bridgehead atoms. The fourth-order valence-corrected chi connectivity index (χ4v) is 2.86. The van der Waals surface area contributed by atoms with Crippen LogP contribution in [0.2, 0.25) is 5.15 Å². The Morgan fingerprint density at radius 2 is 2.20 bits per heavy atom. The van der Waals surface area contributed by atoms with Crippen LogP contribution in [0.1, 0.15) is 35.5 Å². The van der Waals surface area contributed by atoms with E-state index in [4.69, 9.17) is 16.3 Å². The van der Waals surface area contributed by atoms with Crippen LogP contribution in [0.5, 0.6) is 0 Å². The number of aryl methyl sites for hydroxylation is 1. The molecule has 1 unspecified atom stereocenters. The molecule has 0 aliphatic heterocycles. The average Bonchev–Trinajstić information content (AvgIpc) is 2.82. The van der Waals surface area contributed by atoms with Crippen LogP contribution in [0.25, 0.3) is 0 Å². The summed E-state index contributed by atoms with van der Waals surface area (Å²) in [5, 5.41) is 3.77. The van der Waals surface area contributed by atoms with Gasteiger partial charge in [-0.25, -0.2) is 9.97 Å².